The molecule has 1 atom stereocenters. The SMILES string of the molecule is CN(C)c1ccc(C=CC=CC2=N[C@@H](C(=O)O)CS2)cc1.Cl. The number of rotatable bonds is 5. The van der Waals surface area contributed by atoms with Gasteiger partial charge in [-0.05, 0) is 23.8 Å². The lowest BCUT2D eigenvalue weighted by molar-refractivity contribution is -0.137. The standard InChI is InChI=1S/C16H18N2O2S.ClH/c1-18(2)13-9-7-12(8-10-13)5-3-4-6-15-17-14(11-21-15)16(19)20;/h3-10,14H,11H2,1-2H3,(H,19,20);1H/t14-;/m1./s1. The zero-order chi connectivity index (χ0) is 15.2. The fraction of sp³-hybridized carbons (Fsp3) is 0.250. The summed E-state index contributed by atoms with van der Waals surface area (Å²) < 4.78 is 0. The summed E-state index contributed by atoms with van der Waals surface area (Å²) in [5.74, 6) is -0.340. The van der Waals surface area contributed by atoms with Crippen LogP contribution in [0.3, 0.4) is 0 Å². The number of hydrogen-bond donors (Lipinski definition) is 1. The van der Waals surface area contributed by atoms with E-state index in [9.17, 15) is 4.79 Å². The van der Waals surface area contributed by atoms with Crippen LogP contribution >= 0.6 is 24.2 Å². The number of carbonyl (C=O) groups is 1. The predicted molar refractivity (Wildman–Crippen MR) is 97.5 cm³/mol. The molecule has 22 heavy (non-hydrogen) atoms. The van der Waals surface area contributed by atoms with E-state index in [0.29, 0.717) is 5.75 Å². The molecule has 0 spiro atoms. The van der Waals surface area contributed by atoms with Crippen LogP contribution in [0.4, 0.5) is 5.69 Å². The van der Waals surface area contributed by atoms with Crippen molar-refractivity contribution < 1.29 is 9.90 Å². The van der Waals surface area contributed by atoms with Crippen molar-refractivity contribution in [2.75, 3.05) is 24.7 Å². The first-order valence-electron chi connectivity index (χ1n) is 6.62. The third-order valence-corrected chi connectivity index (χ3v) is 4.02. The van der Waals surface area contributed by atoms with Crippen LogP contribution in [0.15, 0.2) is 47.5 Å². The van der Waals surface area contributed by atoms with Crippen molar-refractivity contribution in [1.29, 1.82) is 0 Å². The van der Waals surface area contributed by atoms with Crippen LogP contribution in [0.1, 0.15) is 5.56 Å². The third-order valence-electron chi connectivity index (χ3n) is 3.01. The molecule has 0 amide bonds. The van der Waals surface area contributed by atoms with Crippen LogP contribution in [0.2, 0.25) is 0 Å². The van der Waals surface area contributed by atoms with E-state index in [1.54, 1.807) is 0 Å². The van der Waals surface area contributed by atoms with Gasteiger partial charge in [-0.2, -0.15) is 0 Å². The molecule has 6 heteroatoms. The largest absolute Gasteiger partial charge is 0.480 e. The van der Waals surface area contributed by atoms with E-state index >= 15 is 0 Å². The van der Waals surface area contributed by atoms with Crippen LogP contribution in [-0.2, 0) is 4.79 Å². The summed E-state index contributed by atoms with van der Waals surface area (Å²) in [5, 5.41) is 9.62. The number of aliphatic imine (C=N–C) groups is 1. The number of hydrogen-bond acceptors (Lipinski definition) is 4. The molecule has 0 aromatic heterocycles. The number of allylic oxidation sites excluding steroid dienone is 2. The average Bonchev–Trinajstić information content (AvgIpc) is 2.93. The van der Waals surface area contributed by atoms with Crippen molar-refractivity contribution in [1.82, 2.24) is 0 Å². The Bertz CT molecular complexity index is 595. The van der Waals surface area contributed by atoms with Gasteiger partial charge in [0, 0.05) is 25.5 Å². The monoisotopic (exact) mass is 338 g/mol. The zero-order valence-corrected chi connectivity index (χ0v) is 14.1. The quantitative estimate of drug-likeness (QED) is 0.837. The van der Waals surface area contributed by atoms with E-state index in [1.807, 2.05) is 38.4 Å². The van der Waals surface area contributed by atoms with Gasteiger partial charge in [0.2, 0.25) is 0 Å². The first kappa shape index (κ1) is 18.3. The normalized spacial score (nSPS) is 17.5. The maximum absolute atomic E-state index is 10.8. The van der Waals surface area contributed by atoms with Crippen molar-refractivity contribution in [3.8, 4) is 0 Å². The minimum atomic E-state index is -0.859. The minimum Gasteiger partial charge on any atom is -0.480 e. The van der Waals surface area contributed by atoms with Crippen molar-refractivity contribution in [2.45, 2.75) is 6.04 Å². The Morgan fingerprint density at radius 3 is 2.45 bits per heavy atom. The topological polar surface area (TPSA) is 52.9 Å². The Morgan fingerprint density at radius 2 is 1.91 bits per heavy atom. The van der Waals surface area contributed by atoms with E-state index in [1.165, 1.54) is 17.4 Å². The highest BCUT2D eigenvalue weighted by molar-refractivity contribution is 8.14. The molecule has 0 unspecified atom stereocenters. The Labute approximate surface area is 141 Å². The van der Waals surface area contributed by atoms with E-state index < -0.39 is 12.0 Å². The Balaban J connectivity index is 0.00000242. The summed E-state index contributed by atoms with van der Waals surface area (Å²) in [4.78, 5) is 16.9. The van der Waals surface area contributed by atoms with E-state index in [4.69, 9.17) is 5.11 Å². The Morgan fingerprint density at radius 1 is 1.27 bits per heavy atom. The maximum Gasteiger partial charge on any atom is 0.329 e. The second-order valence-corrected chi connectivity index (χ2v) is 5.88. The number of anilines is 1. The van der Waals surface area contributed by atoms with Crippen molar-refractivity contribution >= 4 is 46.9 Å². The van der Waals surface area contributed by atoms with Crippen LogP contribution in [0, 0.1) is 0 Å². The fourth-order valence-corrected chi connectivity index (χ4v) is 2.72. The summed E-state index contributed by atoms with van der Waals surface area (Å²) in [6, 6.07) is 7.65. The number of nitrogens with zero attached hydrogens (tertiary/aromatic N) is 2. The molecule has 1 aromatic carbocycles. The lowest BCUT2D eigenvalue weighted by Crippen LogP contribution is -2.16. The number of thioether (sulfide) groups is 1. The molecule has 0 radical (unpaired) electrons. The number of aliphatic carboxylic acids is 1. The third kappa shape index (κ3) is 5.24. The van der Waals surface area contributed by atoms with Gasteiger partial charge in [0.05, 0.1) is 5.04 Å². The molecule has 0 aliphatic carbocycles. The summed E-state index contributed by atoms with van der Waals surface area (Å²) in [6.45, 7) is 0. The lowest BCUT2D eigenvalue weighted by Gasteiger charge is -2.11. The van der Waals surface area contributed by atoms with Crippen molar-refractivity contribution in [3.63, 3.8) is 0 Å². The predicted octanol–water partition coefficient (Wildman–Crippen LogP) is 3.34. The van der Waals surface area contributed by atoms with Crippen LogP contribution < -0.4 is 4.90 Å². The van der Waals surface area contributed by atoms with Gasteiger partial charge in [-0.1, -0.05) is 30.4 Å². The van der Waals surface area contributed by atoms with Crippen molar-refractivity contribution in [2.24, 2.45) is 4.99 Å². The number of benzene rings is 1. The van der Waals surface area contributed by atoms with Crippen LogP contribution in [0.25, 0.3) is 6.08 Å². The molecule has 1 aliphatic heterocycles. The van der Waals surface area contributed by atoms with Crippen molar-refractivity contribution in [3.05, 3.63) is 48.1 Å². The van der Waals surface area contributed by atoms with E-state index in [2.05, 4.69) is 34.2 Å². The van der Waals surface area contributed by atoms with E-state index in [0.717, 1.165) is 10.6 Å². The Kier molecular flexibility index (Phi) is 7.21. The molecule has 1 aliphatic rings. The highest BCUT2D eigenvalue weighted by Crippen LogP contribution is 2.19. The molecule has 0 saturated heterocycles. The lowest BCUT2D eigenvalue weighted by atomic mass is 10.2. The van der Waals surface area contributed by atoms with Gasteiger partial charge >= 0.3 is 5.97 Å². The first-order valence-corrected chi connectivity index (χ1v) is 7.60. The smallest absolute Gasteiger partial charge is 0.329 e. The molecule has 2 rings (SSSR count). The molecular weight excluding hydrogens is 320 g/mol. The molecule has 0 saturated carbocycles. The highest BCUT2D eigenvalue weighted by atomic mass is 35.5. The summed E-state index contributed by atoms with van der Waals surface area (Å²) in [5.41, 5.74) is 2.29. The van der Waals surface area contributed by atoms with Gasteiger partial charge in [-0.15, -0.1) is 24.2 Å². The van der Waals surface area contributed by atoms with Gasteiger partial charge in [0.1, 0.15) is 0 Å². The average molecular weight is 339 g/mol. The van der Waals surface area contributed by atoms with Gasteiger partial charge < -0.3 is 10.0 Å². The van der Waals surface area contributed by atoms with Crippen LogP contribution in [0.5, 0.6) is 0 Å². The summed E-state index contributed by atoms with van der Waals surface area (Å²) in [6.07, 6.45) is 7.67. The van der Waals surface area contributed by atoms with Gasteiger partial charge in [0.25, 0.3) is 0 Å². The number of carboxylic acids is 1. The Hall–Kier alpha value is -1.72. The molecular formula is C16H19ClN2O2S. The number of carboxylic acid groups (broad SMARTS) is 1. The second-order valence-electron chi connectivity index (χ2n) is 4.84. The first-order chi connectivity index (χ1) is 10.1. The van der Waals surface area contributed by atoms with Gasteiger partial charge in [-0.25, -0.2) is 4.79 Å². The fourth-order valence-electron chi connectivity index (χ4n) is 1.80. The summed E-state index contributed by atoms with van der Waals surface area (Å²) >= 11 is 1.47. The summed E-state index contributed by atoms with van der Waals surface area (Å²) in [7, 11) is 4.02. The minimum absolute atomic E-state index is 0. The molecule has 1 heterocycles. The molecule has 0 fully saturated rings. The van der Waals surface area contributed by atoms with E-state index in [-0.39, 0.29) is 12.4 Å². The maximum atomic E-state index is 10.8. The van der Waals surface area contributed by atoms with Gasteiger partial charge in [0.15, 0.2) is 6.04 Å². The molecule has 0 bridgehead atoms. The number of halogens is 1. The molecule has 118 valence electrons. The highest BCUT2D eigenvalue weighted by Gasteiger charge is 2.22. The second kappa shape index (κ2) is 8.66. The molecule has 4 nitrogen and oxygen atoms in total. The van der Waals surface area contributed by atoms with Crippen LogP contribution in [-0.4, -0.2) is 42.0 Å². The molecule has 1 aromatic rings. The zero-order valence-electron chi connectivity index (χ0n) is 12.5. The van der Waals surface area contributed by atoms with Gasteiger partial charge in [-0.3, -0.25) is 4.99 Å². The molecule has 1 N–H and O–H groups in total.